The maximum atomic E-state index is 13.5. The van der Waals surface area contributed by atoms with E-state index in [2.05, 4.69) is 16.7 Å². The quantitative estimate of drug-likeness (QED) is 0.385. The van der Waals surface area contributed by atoms with Crippen LogP contribution in [0.1, 0.15) is 64.6 Å². The van der Waals surface area contributed by atoms with Crippen LogP contribution in [0.3, 0.4) is 0 Å². The normalized spacial score (nSPS) is 12.8. The maximum Gasteiger partial charge on any atom is 0.408 e. The first kappa shape index (κ1) is 27.5. The van der Waals surface area contributed by atoms with Crippen molar-refractivity contribution in [3.8, 4) is 12.5 Å². The molecule has 0 saturated carbocycles. The molecule has 0 heterocycles. The lowest BCUT2D eigenvalue weighted by molar-refractivity contribution is -0.139. The number of carbonyl (C=O) groups excluding carboxylic acids is 4. The van der Waals surface area contributed by atoms with Gasteiger partial charge in [-0.05, 0) is 53.5 Å². The minimum Gasteiger partial charge on any atom is -0.444 e. The lowest BCUT2D eigenvalue weighted by Crippen LogP contribution is -2.52. The van der Waals surface area contributed by atoms with Crippen LogP contribution in [0.5, 0.6) is 0 Å². The largest absolute Gasteiger partial charge is 0.444 e. The van der Waals surface area contributed by atoms with Crippen molar-refractivity contribution in [2.75, 3.05) is 0 Å². The molecule has 2 unspecified atom stereocenters. The van der Waals surface area contributed by atoms with Gasteiger partial charge in [-0.1, -0.05) is 36.3 Å². The van der Waals surface area contributed by atoms with Crippen LogP contribution in [0.25, 0.3) is 0 Å². The highest BCUT2D eigenvalue weighted by Crippen LogP contribution is 2.24. The Bertz CT molecular complexity index is 914. The first-order chi connectivity index (χ1) is 15.2. The molecule has 33 heavy (non-hydrogen) atoms. The maximum absolute atomic E-state index is 13.5. The summed E-state index contributed by atoms with van der Waals surface area (Å²) in [6.45, 7) is 10.4. The number of nitrogens with two attached hydrogens (primary N) is 1. The monoisotopic (exact) mass is 458 g/mol. The van der Waals surface area contributed by atoms with E-state index in [0.717, 1.165) is 10.5 Å². The minimum absolute atomic E-state index is 0.113. The van der Waals surface area contributed by atoms with Crippen LogP contribution < -0.4 is 16.4 Å². The van der Waals surface area contributed by atoms with Crippen molar-refractivity contribution in [3.05, 3.63) is 35.4 Å². The highest BCUT2D eigenvalue weighted by atomic mass is 16.6. The Balaban J connectivity index is 3.36. The summed E-state index contributed by atoms with van der Waals surface area (Å²) in [6.07, 6.45) is 4.53. The molecule has 0 fully saturated rings. The van der Waals surface area contributed by atoms with Crippen molar-refractivity contribution in [1.29, 1.82) is 0 Å². The third-order valence-corrected chi connectivity index (χ3v) is 4.34. The van der Waals surface area contributed by atoms with Crippen molar-refractivity contribution in [1.82, 2.24) is 15.5 Å². The molecule has 0 aliphatic rings. The second-order valence-electron chi connectivity index (χ2n) is 9.02. The summed E-state index contributed by atoms with van der Waals surface area (Å²) in [6, 6.07) is 6.73. The van der Waals surface area contributed by atoms with Gasteiger partial charge >= 0.3 is 6.09 Å². The van der Waals surface area contributed by atoms with Crippen LogP contribution in [-0.4, -0.2) is 46.4 Å². The Morgan fingerprint density at radius 3 is 2.30 bits per heavy atom. The van der Waals surface area contributed by atoms with Gasteiger partial charge in [-0.15, -0.1) is 0 Å². The highest BCUT2D eigenvalue weighted by molar-refractivity contribution is 5.93. The molecule has 0 aliphatic heterocycles. The van der Waals surface area contributed by atoms with E-state index >= 15 is 0 Å². The van der Waals surface area contributed by atoms with Gasteiger partial charge in [0.25, 0.3) is 5.91 Å². The van der Waals surface area contributed by atoms with Gasteiger partial charge in [-0.25, -0.2) is 4.79 Å². The van der Waals surface area contributed by atoms with Crippen LogP contribution in [0.2, 0.25) is 0 Å². The number of alkyl carbamates (subject to hydrolysis) is 1. The summed E-state index contributed by atoms with van der Waals surface area (Å²) < 4.78 is 5.23. The van der Waals surface area contributed by atoms with E-state index in [0.29, 0.717) is 5.56 Å². The standard InChI is InChI=1S/C24H34N4O5/c1-8-28(20(21(30)26-15(2)3)17-11-9-10-16(4)14-17)22(31)18(12-13-19(25)29)27-23(32)33-24(5,6)7/h1,9-11,14-15,18,20H,12-13H2,2-7H3,(H2,25,29)(H,26,30)(H,27,32). The zero-order valence-electron chi connectivity index (χ0n) is 20.1. The number of nitrogens with one attached hydrogen (secondary N) is 2. The third kappa shape index (κ3) is 9.23. The SMILES string of the molecule is C#CN(C(=O)C(CCC(N)=O)NC(=O)OC(C)(C)C)C(C(=O)NC(C)C)c1cccc(C)c1. The highest BCUT2D eigenvalue weighted by Gasteiger charge is 2.36. The number of rotatable bonds is 9. The van der Waals surface area contributed by atoms with Gasteiger partial charge in [0, 0.05) is 18.5 Å². The van der Waals surface area contributed by atoms with E-state index in [1.165, 1.54) is 0 Å². The number of hydrogen-bond donors (Lipinski definition) is 3. The topological polar surface area (TPSA) is 131 Å². The molecular formula is C24H34N4O5. The average molecular weight is 459 g/mol. The molecule has 9 heteroatoms. The number of hydrogen-bond acceptors (Lipinski definition) is 5. The Kier molecular flexibility index (Phi) is 9.92. The zero-order valence-corrected chi connectivity index (χ0v) is 20.1. The van der Waals surface area contributed by atoms with Crippen LogP contribution in [0.15, 0.2) is 24.3 Å². The second kappa shape index (κ2) is 11.9. The van der Waals surface area contributed by atoms with Gasteiger partial charge in [-0.2, -0.15) is 0 Å². The van der Waals surface area contributed by atoms with Crippen molar-refractivity contribution in [3.63, 3.8) is 0 Å². The molecule has 9 nitrogen and oxygen atoms in total. The number of carbonyl (C=O) groups is 4. The minimum atomic E-state index is -1.23. The summed E-state index contributed by atoms with van der Waals surface area (Å²) in [4.78, 5) is 51.2. The van der Waals surface area contributed by atoms with Crippen molar-refractivity contribution < 1.29 is 23.9 Å². The first-order valence-corrected chi connectivity index (χ1v) is 10.7. The Hall–Kier alpha value is -3.54. The summed E-state index contributed by atoms with van der Waals surface area (Å²) in [5.41, 5.74) is 5.81. The predicted molar refractivity (Wildman–Crippen MR) is 124 cm³/mol. The summed E-state index contributed by atoms with van der Waals surface area (Å²) in [5.74, 6) is -1.87. The molecule has 0 aliphatic carbocycles. The molecule has 1 rings (SSSR count). The van der Waals surface area contributed by atoms with Gasteiger partial charge in [0.15, 0.2) is 0 Å². The van der Waals surface area contributed by atoms with Crippen molar-refractivity contribution >= 4 is 23.8 Å². The van der Waals surface area contributed by atoms with Gasteiger partial charge in [-0.3, -0.25) is 19.3 Å². The smallest absolute Gasteiger partial charge is 0.408 e. The Morgan fingerprint density at radius 2 is 1.82 bits per heavy atom. The molecule has 180 valence electrons. The third-order valence-electron chi connectivity index (χ3n) is 4.34. The van der Waals surface area contributed by atoms with E-state index < -0.39 is 41.5 Å². The lowest BCUT2D eigenvalue weighted by Gasteiger charge is -2.31. The van der Waals surface area contributed by atoms with Crippen LogP contribution >= 0.6 is 0 Å². The Labute approximate surface area is 195 Å². The van der Waals surface area contributed by atoms with Crippen LogP contribution in [0.4, 0.5) is 4.79 Å². The number of aryl methyl sites for hydroxylation is 1. The number of ether oxygens (including phenoxy) is 1. The summed E-state index contributed by atoms with van der Waals surface area (Å²) in [5, 5.41) is 5.23. The molecule has 0 aromatic heterocycles. The lowest BCUT2D eigenvalue weighted by atomic mass is 10.0. The Morgan fingerprint density at radius 1 is 1.18 bits per heavy atom. The van der Waals surface area contributed by atoms with E-state index in [4.69, 9.17) is 16.9 Å². The molecule has 1 aromatic carbocycles. The molecule has 2 atom stereocenters. The van der Waals surface area contributed by atoms with E-state index in [1.807, 2.05) is 13.0 Å². The first-order valence-electron chi connectivity index (χ1n) is 10.7. The number of primary amides is 1. The second-order valence-corrected chi connectivity index (χ2v) is 9.02. The fourth-order valence-corrected chi connectivity index (χ4v) is 3.05. The molecule has 0 bridgehead atoms. The van der Waals surface area contributed by atoms with Crippen LogP contribution in [0, 0.1) is 19.4 Å². The molecule has 0 saturated heterocycles. The van der Waals surface area contributed by atoms with Gasteiger partial charge in [0.2, 0.25) is 11.8 Å². The fraction of sp³-hybridized carbons (Fsp3) is 0.500. The summed E-state index contributed by atoms with van der Waals surface area (Å²) >= 11 is 0. The predicted octanol–water partition coefficient (Wildman–Crippen LogP) is 2.14. The molecule has 0 spiro atoms. The molecule has 1 aromatic rings. The molecule has 4 amide bonds. The van der Waals surface area contributed by atoms with Gasteiger partial charge in [0.1, 0.15) is 17.7 Å². The van der Waals surface area contributed by atoms with E-state index in [9.17, 15) is 19.2 Å². The summed E-state index contributed by atoms with van der Waals surface area (Å²) in [7, 11) is 0. The van der Waals surface area contributed by atoms with Crippen molar-refractivity contribution in [2.24, 2.45) is 5.73 Å². The van der Waals surface area contributed by atoms with Gasteiger partial charge < -0.3 is 21.1 Å². The van der Waals surface area contributed by atoms with Crippen LogP contribution in [-0.2, 0) is 19.1 Å². The van der Waals surface area contributed by atoms with E-state index in [1.54, 1.807) is 52.8 Å². The zero-order chi connectivity index (χ0) is 25.3. The number of amides is 4. The average Bonchev–Trinajstić information content (AvgIpc) is 2.66. The molecule has 0 radical (unpaired) electrons. The van der Waals surface area contributed by atoms with E-state index in [-0.39, 0.29) is 18.9 Å². The van der Waals surface area contributed by atoms with Gasteiger partial charge in [0.05, 0.1) is 0 Å². The molecular weight excluding hydrogens is 424 g/mol. The van der Waals surface area contributed by atoms with Crippen molar-refractivity contribution in [2.45, 2.75) is 78.1 Å². The fourth-order valence-electron chi connectivity index (χ4n) is 3.05. The number of terminal acetylenes is 1. The number of benzene rings is 1. The number of nitrogens with zero attached hydrogens (tertiary/aromatic N) is 1. The molecule has 4 N–H and O–H groups in total.